The lowest BCUT2D eigenvalue weighted by Gasteiger charge is -2.09. The van der Waals surface area contributed by atoms with Gasteiger partial charge in [-0.3, -0.25) is 4.79 Å². The Kier molecular flexibility index (Phi) is 5.26. The molecule has 1 amide bonds. The van der Waals surface area contributed by atoms with Gasteiger partial charge in [0.2, 0.25) is 0 Å². The van der Waals surface area contributed by atoms with Crippen molar-refractivity contribution in [2.24, 2.45) is 5.10 Å². The zero-order chi connectivity index (χ0) is 17.5. The van der Waals surface area contributed by atoms with Crippen LogP contribution in [0.5, 0.6) is 5.75 Å². The molecule has 5 nitrogen and oxygen atoms in total. The topological polar surface area (TPSA) is 62.7 Å². The number of hydrogen-bond acceptors (Lipinski definition) is 4. The van der Waals surface area contributed by atoms with Crippen molar-refractivity contribution >= 4 is 28.6 Å². The van der Waals surface area contributed by atoms with E-state index in [9.17, 15) is 4.79 Å². The Morgan fingerprint density at radius 2 is 1.80 bits per heavy atom. The average Bonchev–Trinajstić information content (AvgIpc) is 2.66. The molecule has 0 aliphatic rings. The third kappa shape index (κ3) is 4.14. The van der Waals surface area contributed by atoms with Crippen LogP contribution < -0.4 is 15.5 Å². The first-order valence-electron chi connectivity index (χ1n) is 7.94. The van der Waals surface area contributed by atoms with E-state index >= 15 is 0 Å². The SMILES string of the molecule is COc1ccccc1C=NNC(=O)CNc1cccc2ccccc12. The molecule has 5 heteroatoms. The molecule has 0 spiro atoms. The van der Waals surface area contributed by atoms with Gasteiger partial charge in [0.1, 0.15) is 5.75 Å². The molecule has 25 heavy (non-hydrogen) atoms. The summed E-state index contributed by atoms with van der Waals surface area (Å²) < 4.78 is 5.23. The van der Waals surface area contributed by atoms with Crippen LogP contribution in [-0.2, 0) is 4.79 Å². The molecule has 0 aliphatic heterocycles. The summed E-state index contributed by atoms with van der Waals surface area (Å²) in [6.07, 6.45) is 1.56. The molecule has 0 aromatic heterocycles. The fourth-order valence-corrected chi connectivity index (χ4v) is 2.54. The highest BCUT2D eigenvalue weighted by Gasteiger charge is 2.03. The van der Waals surface area contributed by atoms with Crippen LogP contribution in [0.3, 0.4) is 0 Å². The minimum Gasteiger partial charge on any atom is -0.496 e. The molecule has 0 saturated carbocycles. The molecule has 0 fully saturated rings. The van der Waals surface area contributed by atoms with Gasteiger partial charge in [0.25, 0.3) is 5.91 Å². The minimum atomic E-state index is -0.223. The Balaban J connectivity index is 1.59. The Morgan fingerprint density at radius 3 is 2.68 bits per heavy atom. The fourth-order valence-electron chi connectivity index (χ4n) is 2.54. The van der Waals surface area contributed by atoms with Crippen LogP contribution in [0.4, 0.5) is 5.69 Å². The lowest BCUT2D eigenvalue weighted by Crippen LogP contribution is -2.25. The quantitative estimate of drug-likeness (QED) is 0.537. The number of benzene rings is 3. The van der Waals surface area contributed by atoms with Crippen LogP contribution in [0.1, 0.15) is 5.56 Å². The Hall–Kier alpha value is -3.34. The van der Waals surface area contributed by atoms with Gasteiger partial charge < -0.3 is 10.1 Å². The van der Waals surface area contributed by atoms with Crippen LogP contribution in [0, 0.1) is 0 Å². The molecular weight excluding hydrogens is 314 g/mol. The minimum absolute atomic E-state index is 0.136. The van der Waals surface area contributed by atoms with Gasteiger partial charge in [-0.05, 0) is 23.6 Å². The maximum atomic E-state index is 12.0. The second-order valence-corrected chi connectivity index (χ2v) is 5.42. The highest BCUT2D eigenvalue weighted by molar-refractivity contribution is 5.95. The molecule has 3 aromatic rings. The van der Waals surface area contributed by atoms with E-state index < -0.39 is 0 Å². The highest BCUT2D eigenvalue weighted by atomic mass is 16.5. The predicted molar refractivity (Wildman–Crippen MR) is 101 cm³/mol. The zero-order valence-electron chi connectivity index (χ0n) is 13.9. The van der Waals surface area contributed by atoms with Crippen molar-refractivity contribution in [3.8, 4) is 5.75 Å². The van der Waals surface area contributed by atoms with Crippen molar-refractivity contribution in [2.45, 2.75) is 0 Å². The summed E-state index contributed by atoms with van der Waals surface area (Å²) in [7, 11) is 1.60. The van der Waals surface area contributed by atoms with E-state index in [0.717, 1.165) is 22.0 Å². The normalized spacial score (nSPS) is 10.8. The van der Waals surface area contributed by atoms with E-state index in [0.29, 0.717) is 5.75 Å². The second kappa shape index (κ2) is 7.97. The van der Waals surface area contributed by atoms with Crippen LogP contribution in [-0.4, -0.2) is 25.8 Å². The number of methoxy groups -OCH3 is 1. The van der Waals surface area contributed by atoms with Crippen LogP contribution >= 0.6 is 0 Å². The Labute approximate surface area is 146 Å². The van der Waals surface area contributed by atoms with Gasteiger partial charge in [-0.2, -0.15) is 5.10 Å². The van der Waals surface area contributed by atoms with E-state index in [1.165, 1.54) is 0 Å². The molecule has 0 unspecified atom stereocenters. The van der Waals surface area contributed by atoms with Crippen molar-refractivity contribution in [3.05, 3.63) is 72.3 Å². The van der Waals surface area contributed by atoms with Gasteiger partial charge in [-0.25, -0.2) is 5.43 Å². The molecule has 0 bridgehead atoms. The summed E-state index contributed by atoms with van der Waals surface area (Å²) >= 11 is 0. The van der Waals surface area contributed by atoms with Gasteiger partial charge in [0.15, 0.2) is 0 Å². The van der Waals surface area contributed by atoms with Crippen molar-refractivity contribution in [1.82, 2.24) is 5.43 Å². The predicted octanol–water partition coefficient (Wildman–Crippen LogP) is 3.41. The summed E-state index contributed by atoms with van der Waals surface area (Å²) in [5.74, 6) is 0.480. The van der Waals surface area contributed by atoms with E-state index in [4.69, 9.17) is 4.74 Å². The summed E-state index contributed by atoms with van der Waals surface area (Å²) in [6.45, 7) is 0.136. The first kappa shape index (κ1) is 16.5. The van der Waals surface area contributed by atoms with Crippen LogP contribution in [0.25, 0.3) is 10.8 Å². The van der Waals surface area contributed by atoms with E-state index in [1.54, 1.807) is 13.3 Å². The number of nitrogens with zero attached hydrogens (tertiary/aromatic N) is 1. The average molecular weight is 333 g/mol. The van der Waals surface area contributed by atoms with Gasteiger partial charge in [0, 0.05) is 16.6 Å². The lowest BCUT2D eigenvalue weighted by atomic mass is 10.1. The Bertz CT molecular complexity index is 901. The summed E-state index contributed by atoms with van der Waals surface area (Å²) in [5.41, 5.74) is 4.23. The molecule has 0 radical (unpaired) electrons. The number of para-hydroxylation sites is 1. The molecule has 0 heterocycles. The number of ether oxygens (including phenoxy) is 1. The molecule has 3 rings (SSSR count). The molecule has 126 valence electrons. The van der Waals surface area contributed by atoms with Crippen molar-refractivity contribution in [2.75, 3.05) is 19.0 Å². The zero-order valence-corrected chi connectivity index (χ0v) is 13.9. The molecule has 0 atom stereocenters. The van der Waals surface area contributed by atoms with Crippen molar-refractivity contribution in [3.63, 3.8) is 0 Å². The van der Waals surface area contributed by atoms with Gasteiger partial charge in [-0.15, -0.1) is 0 Å². The smallest absolute Gasteiger partial charge is 0.259 e. The van der Waals surface area contributed by atoms with Gasteiger partial charge in [0.05, 0.1) is 19.9 Å². The van der Waals surface area contributed by atoms with Crippen molar-refractivity contribution in [1.29, 1.82) is 0 Å². The number of carbonyl (C=O) groups excluding carboxylic acids is 1. The van der Waals surface area contributed by atoms with Gasteiger partial charge in [-0.1, -0.05) is 48.5 Å². The molecular formula is C20H19N3O2. The molecule has 3 aromatic carbocycles. The maximum absolute atomic E-state index is 12.0. The number of nitrogens with one attached hydrogen (secondary N) is 2. The number of hydrogen-bond donors (Lipinski definition) is 2. The Morgan fingerprint density at radius 1 is 1.04 bits per heavy atom. The number of anilines is 1. The third-order valence-corrected chi connectivity index (χ3v) is 3.76. The molecule has 2 N–H and O–H groups in total. The number of hydrazone groups is 1. The number of amides is 1. The molecule has 0 saturated heterocycles. The standard InChI is InChI=1S/C20H19N3O2/c1-25-19-12-5-3-8-16(19)13-22-23-20(24)14-21-18-11-6-9-15-7-2-4-10-17(15)18/h2-13,21H,14H2,1H3,(H,23,24). The molecule has 0 aliphatic carbocycles. The van der Waals surface area contributed by atoms with Crippen LogP contribution in [0.15, 0.2) is 71.8 Å². The maximum Gasteiger partial charge on any atom is 0.259 e. The van der Waals surface area contributed by atoms with E-state index in [-0.39, 0.29) is 12.5 Å². The number of carbonyl (C=O) groups is 1. The first-order chi connectivity index (χ1) is 12.3. The summed E-state index contributed by atoms with van der Waals surface area (Å²) in [5, 5.41) is 9.33. The summed E-state index contributed by atoms with van der Waals surface area (Å²) in [4.78, 5) is 12.0. The highest BCUT2D eigenvalue weighted by Crippen LogP contribution is 2.22. The van der Waals surface area contributed by atoms with Crippen LogP contribution in [0.2, 0.25) is 0 Å². The monoisotopic (exact) mass is 333 g/mol. The lowest BCUT2D eigenvalue weighted by molar-refractivity contribution is -0.119. The second-order valence-electron chi connectivity index (χ2n) is 5.42. The fraction of sp³-hybridized carbons (Fsp3) is 0.100. The van der Waals surface area contributed by atoms with Crippen molar-refractivity contribution < 1.29 is 9.53 Å². The summed E-state index contributed by atoms with van der Waals surface area (Å²) in [6, 6.07) is 21.4. The van der Waals surface area contributed by atoms with Gasteiger partial charge >= 0.3 is 0 Å². The number of fused-ring (bicyclic) bond motifs is 1. The largest absolute Gasteiger partial charge is 0.496 e. The van der Waals surface area contributed by atoms with E-state index in [1.807, 2.05) is 66.7 Å². The third-order valence-electron chi connectivity index (χ3n) is 3.76. The first-order valence-corrected chi connectivity index (χ1v) is 7.94. The van der Waals surface area contributed by atoms with E-state index in [2.05, 4.69) is 15.8 Å². The number of rotatable bonds is 6.